The lowest BCUT2D eigenvalue weighted by molar-refractivity contribution is -0.128. The lowest BCUT2D eigenvalue weighted by Gasteiger charge is -2.27. The summed E-state index contributed by atoms with van der Waals surface area (Å²) in [5, 5.41) is 9.89. The molecule has 0 saturated heterocycles. The van der Waals surface area contributed by atoms with Gasteiger partial charge in [-0.1, -0.05) is 69.8 Å². The number of carbonyl (C=O) groups is 1. The van der Waals surface area contributed by atoms with E-state index in [4.69, 9.17) is 24.7 Å². The van der Waals surface area contributed by atoms with Gasteiger partial charge in [0.2, 0.25) is 5.88 Å². The third kappa shape index (κ3) is 6.19. The van der Waals surface area contributed by atoms with Crippen LogP contribution in [0.2, 0.25) is 0 Å². The van der Waals surface area contributed by atoms with Gasteiger partial charge in [-0.25, -0.2) is 4.79 Å². The summed E-state index contributed by atoms with van der Waals surface area (Å²) in [6.45, 7) is 10.4. The number of nitriles is 1. The van der Waals surface area contributed by atoms with Crippen LogP contribution in [0.3, 0.4) is 0 Å². The standard InChI is InChI=1S/C33H32N2O5/c1-6-17-38-27-15-10-22(18-29(27)37-5)31-25-14-13-24(19-28(25)40-32(35)26(31)20-34)39-30(36)16-9-21-7-11-23(12-8-21)33(2,3)4/h6-16,18-19,31H,1,17,35H2,2-5H3/b16-9+. The van der Waals surface area contributed by atoms with Gasteiger partial charge in [0.15, 0.2) is 11.5 Å². The number of ether oxygens (including phenoxy) is 4. The minimum atomic E-state index is -0.534. The van der Waals surface area contributed by atoms with Crippen LogP contribution in [0.25, 0.3) is 6.08 Å². The van der Waals surface area contributed by atoms with Crippen molar-refractivity contribution < 1.29 is 23.7 Å². The fraction of sp³-hybridized carbons (Fsp3) is 0.212. The maximum Gasteiger partial charge on any atom is 0.336 e. The van der Waals surface area contributed by atoms with Gasteiger partial charge >= 0.3 is 5.97 Å². The van der Waals surface area contributed by atoms with Crippen molar-refractivity contribution in [3.05, 3.63) is 113 Å². The van der Waals surface area contributed by atoms with Crippen LogP contribution < -0.4 is 24.7 Å². The van der Waals surface area contributed by atoms with Gasteiger partial charge in [-0.2, -0.15) is 5.26 Å². The number of hydrogen-bond donors (Lipinski definition) is 1. The number of hydrogen-bond acceptors (Lipinski definition) is 7. The first-order valence-corrected chi connectivity index (χ1v) is 12.8. The molecule has 0 spiro atoms. The van der Waals surface area contributed by atoms with Crippen LogP contribution in [-0.2, 0) is 10.2 Å². The SMILES string of the molecule is C=CCOc1ccc(C2C(C#N)=C(N)Oc3cc(OC(=O)/C=C/c4ccc(C(C)(C)C)cc4)ccc32)cc1OC. The molecule has 1 atom stereocenters. The smallest absolute Gasteiger partial charge is 0.336 e. The van der Waals surface area contributed by atoms with E-state index in [0.29, 0.717) is 29.4 Å². The van der Waals surface area contributed by atoms with Gasteiger partial charge in [0.25, 0.3) is 0 Å². The Bertz CT molecular complexity index is 1520. The molecule has 0 aromatic heterocycles. The molecule has 3 aromatic carbocycles. The molecule has 4 rings (SSSR count). The number of rotatable bonds is 8. The monoisotopic (exact) mass is 536 g/mol. The van der Waals surface area contributed by atoms with E-state index >= 15 is 0 Å². The molecule has 204 valence electrons. The molecule has 7 nitrogen and oxygen atoms in total. The Balaban J connectivity index is 1.57. The van der Waals surface area contributed by atoms with Gasteiger partial charge in [-0.15, -0.1) is 0 Å². The van der Waals surface area contributed by atoms with Crippen molar-refractivity contribution >= 4 is 12.0 Å². The van der Waals surface area contributed by atoms with Gasteiger partial charge in [-0.05, 0) is 46.4 Å². The fourth-order valence-electron chi connectivity index (χ4n) is 4.38. The Morgan fingerprint density at radius 3 is 2.50 bits per heavy atom. The molecule has 0 fully saturated rings. The van der Waals surface area contributed by atoms with E-state index < -0.39 is 11.9 Å². The van der Waals surface area contributed by atoms with E-state index in [9.17, 15) is 10.1 Å². The zero-order valence-corrected chi connectivity index (χ0v) is 23.1. The van der Waals surface area contributed by atoms with E-state index in [1.807, 2.05) is 30.3 Å². The maximum absolute atomic E-state index is 12.5. The summed E-state index contributed by atoms with van der Waals surface area (Å²) in [6, 6.07) is 20.6. The minimum absolute atomic E-state index is 0.0203. The molecular formula is C33H32N2O5. The van der Waals surface area contributed by atoms with Crippen molar-refractivity contribution in [3.8, 4) is 29.1 Å². The number of benzene rings is 3. The van der Waals surface area contributed by atoms with Crippen molar-refractivity contribution in [2.45, 2.75) is 32.1 Å². The molecular weight excluding hydrogens is 504 g/mol. The zero-order valence-electron chi connectivity index (χ0n) is 23.1. The maximum atomic E-state index is 12.5. The van der Waals surface area contributed by atoms with Gasteiger partial charge < -0.3 is 24.7 Å². The number of methoxy groups -OCH3 is 1. The van der Waals surface area contributed by atoms with E-state index in [1.54, 1.807) is 49.6 Å². The van der Waals surface area contributed by atoms with Gasteiger partial charge in [-0.3, -0.25) is 0 Å². The van der Waals surface area contributed by atoms with Gasteiger partial charge in [0, 0.05) is 17.7 Å². The van der Waals surface area contributed by atoms with E-state index in [-0.39, 0.29) is 22.6 Å². The summed E-state index contributed by atoms with van der Waals surface area (Å²) in [7, 11) is 1.54. The van der Waals surface area contributed by atoms with Crippen LogP contribution in [0.4, 0.5) is 0 Å². The highest BCUT2D eigenvalue weighted by Gasteiger charge is 2.31. The highest BCUT2D eigenvalue weighted by atomic mass is 16.5. The average Bonchev–Trinajstić information content (AvgIpc) is 2.93. The molecule has 7 heteroatoms. The third-order valence-corrected chi connectivity index (χ3v) is 6.48. The molecule has 0 amide bonds. The van der Waals surface area contributed by atoms with Crippen LogP contribution in [0, 0.1) is 11.3 Å². The predicted octanol–water partition coefficient (Wildman–Crippen LogP) is 6.39. The lowest BCUT2D eigenvalue weighted by atomic mass is 9.83. The summed E-state index contributed by atoms with van der Waals surface area (Å²) in [4.78, 5) is 12.5. The Kier molecular flexibility index (Phi) is 8.30. The number of carbonyl (C=O) groups excluding carboxylic acids is 1. The van der Waals surface area contributed by atoms with E-state index in [0.717, 1.165) is 11.1 Å². The number of esters is 1. The van der Waals surface area contributed by atoms with E-state index in [1.165, 1.54) is 11.6 Å². The van der Waals surface area contributed by atoms with Gasteiger partial charge in [0.1, 0.15) is 29.7 Å². The minimum Gasteiger partial charge on any atom is -0.493 e. The van der Waals surface area contributed by atoms with Crippen LogP contribution >= 0.6 is 0 Å². The normalized spacial score (nSPS) is 14.6. The molecule has 40 heavy (non-hydrogen) atoms. The Morgan fingerprint density at radius 1 is 1.10 bits per heavy atom. The largest absolute Gasteiger partial charge is 0.493 e. The molecule has 0 saturated carbocycles. The summed E-state index contributed by atoms with van der Waals surface area (Å²) < 4.78 is 22.5. The second-order valence-electron chi connectivity index (χ2n) is 10.3. The molecule has 1 unspecified atom stereocenters. The molecule has 0 aliphatic carbocycles. The lowest BCUT2D eigenvalue weighted by Crippen LogP contribution is -2.21. The second kappa shape index (κ2) is 11.8. The summed E-state index contributed by atoms with van der Waals surface area (Å²) in [6.07, 6.45) is 4.72. The number of nitrogens with two attached hydrogens (primary N) is 1. The van der Waals surface area contributed by atoms with Crippen molar-refractivity contribution in [2.75, 3.05) is 13.7 Å². The number of nitrogens with zero attached hydrogens (tertiary/aromatic N) is 1. The third-order valence-electron chi connectivity index (χ3n) is 6.48. The number of fused-ring (bicyclic) bond motifs is 1. The highest BCUT2D eigenvalue weighted by molar-refractivity contribution is 5.88. The summed E-state index contributed by atoms with van der Waals surface area (Å²) in [5.41, 5.74) is 10.0. The second-order valence-corrected chi connectivity index (χ2v) is 10.3. The fourth-order valence-corrected chi connectivity index (χ4v) is 4.38. The van der Waals surface area contributed by atoms with E-state index in [2.05, 4.69) is 33.4 Å². The van der Waals surface area contributed by atoms with Crippen LogP contribution in [0.15, 0.2) is 90.9 Å². The molecule has 1 heterocycles. The molecule has 3 aromatic rings. The molecule has 1 aliphatic rings. The first kappa shape index (κ1) is 28.1. The number of allylic oxidation sites excluding steroid dienone is 1. The first-order valence-electron chi connectivity index (χ1n) is 12.8. The van der Waals surface area contributed by atoms with Crippen molar-refractivity contribution in [1.29, 1.82) is 5.26 Å². The molecule has 2 N–H and O–H groups in total. The van der Waals surface area contributed by atoms with Crippen molar-refractivity contribution in [2.24, 2.45) is 5.73 Å². The zero-order chi connectivity index (χ0) is 28.9. The van der Waals surface area contributed by atoms with Crippen LogP contribution in [-0.4, -0.2) is 19.7 Å². The molecule has 0 radical (unpaired) electrons. The van der Waals surface area contributed by atoms with Crippen molar-refractivity contribution in [3.63, 3.8) is 0 Å². The summed E-state index contributed by atoms with van der Waals surface area (Å²) in [5.74, 6) is 0.662. The topological polar surface area (TPSA) is 104 Å². The Hall–Kier alpha value is -4.96. The van der Waals surface area contributed by atoms with Gasteiger partial charge in [0.05, 0.1) is 13.0 Å². The highest BCUT2D eigenvalue weighted by Crippen LogP contribution is 2.45. The quantitative estimate of drug-likeness (QED) is 0.154. The molecule has 0 bridgehead atoms. The Morgan fingerprint density at radius 2 is 1.85 bits per heavy atom. The average molecular weight is 537 g/mol. The first-order chi connectivity index (χ1) is 19.1. The molecule has 1 aliphatic heterocycles. The summed E-state index contributed by atoms with van der Waals surface area (Å²) >= 11 is 0. The predicted molar refractivity (Wildman–Crippen MR) is 154 cm³/mol. The van der Waals surface area contributed by atoms with Crippen molar-refractivity contribution in [1.82, 2.24) is 0 Å². The van der Waals surface area contributed by atoms with Crippen LogP contribution in [0.1, 0.15) is 48.9 Å². The Labute approximate surface area is 234 Å². The van der Waals surface area contributed by atoms with Crippen LogP contribution in [0.5, 0.6) is 23.0 Å².